The van der Waals surface area contributed by atoms with E-state index in [1.54, 1.807) is 0 Å². The van der Waals surface area contributed by atoms with E-state index >= 15 is 0 Å². The fraction of sp³-hybridized carbons (Fsp3) is 0.154. The number of hydrogen-bond donors (Lipinski definition) is 0. The van der Waals surface area contributed by atoms with E-state index in [9.17, 15) is 18.0 Å². The second kappa shape index (κ2) is 5.58. The first-order valence-corrected chi connectivity index (χ1v) is 5.84. The second-order valence-corrected chi connectivity index (χ2v) is 4.24. The maximum absolute atomic E-state index is 12.0. The fourth-order valence-corrected chi connectivity index (χ4v) is 1.80. The molecule has 20 heavy (non-hydrogen) atoms. The molecule has 0 N–H and O–H groups in total. The number of benzene rings is 1. The van der Waals surface area contributed by atoms with E-state index in [0.29, 0.717) is 5.56 Å². The van der Waals surface area contributed by atoms with Crippen LogP contribution in [0.15, 0.2) is 41.0 Å². The molecule has 0 saturated heterocycles. The molecular formula is C13H8ClF3O3. The standard InChI is InChI=1S/C13H8ClF3O3/c14-12-10(5-6-19-12)11(18)7-8-1-3-9(4-2-8)20-13(15,16)17/h1-6H,7H2. The van der Waals surface area contributed by atoms with Crippen molar-refractivity contribution in [3.63, 3.8) is 0 Å². The van der Waals surface area contributed by atoms with Gasteiger partial charge in [0.25, 0.3) is 0 Å². The summed E-state index contributed by atoms with van der Waals surface area (Å²) in [5.41, 5.74) is 0.782. The third-order valence-corrected chi connectivity index (χ3v) is 2.73. The zero-order valence-electron chi connectivity index (χ0n) is 9.91. The van der Waals surface area contributed by atoms with Gasteiger partial charge >= 0.3 is 6.36 Å². The minimum atomic E-state index is -4.73. The lowest BCUT2D eigenvalue weighted by Gasteiger charge is -2.09. The van der Waals surface area contributed by atoms with Crippen LogP contribution in [0, 0.1) is 0 Å². The van der Waals surface area contributed by atoms with Crippen molar-refractivity contribution in [2.24, 2.45) is 0 Å². The van der Waals surface area contributed by atoms with E-state index in [1.807, 2.05) is 0 Å². The van der Waals surface area contributed by atoms with Gasteiger partial charge in [-0.1, -0.05) is 12.1 Å². The van der Waals surface area contributed by atoms with Crippen molar-refractivity contribution in [3.05, 3.63) is 52.9 Å². The van der Waals surface area contributed by atoms with Gasteiger partial charge in [0.05, 0.1) is 11.8 Å². The van der Waals surface area contributed by atoms with Gasteiger partial charge in [0, 0.05) is 6.42 Å². The van der Waals surface area contributed by atoms with E-state index in [0.717, 1.165) is 12.1 Å². The molecule has 0 aliphatic rings. The molecule has 0 unspecified atom stereocenters. The Balaban J connectivity index is 2.04. The molecule has 0 amide bonds. The zero-order chi connectivity index (χ0) is 14.8. The van der Waals surface area contributed by atoms with E-state index in [-0.39, 0.29) is 28.7 Å². The molecule has 0 saturated carbocycles. The molecule has 0 bridgehead atoms. The third-order valence-electron chi connectivity index (χ3n) is 2.44. The lowest BCUT2D eigenvalue weighted by atomic mass is 10.1. The highest BCUT2D eigenvalue weighted by atomic mass is 35.5. The van der Waals surface area contributed by atoms with Gasteiger partial charge in [-0.3, -0.25) is 4.79 Å². The van der Waals surface area contributed by atoms with Crippen molar-refractivity contribution >= 4 is 17.4 Å². The smallest absolute Gasteiger partial charge is 0.452 e. The van der Waals surface area contributed by atoms with Crippen LogP contribution in [0.4, 0.5) is 13.2 Å². The Bertz CT molecular complexity index is 602. The SMILES string of the molecule is O=C(Cc1ccc(OC(F)(F)F)cc1)c1ccoc1Cl. The summed E-state index contributed by atoms with van der Waals surface area (Å²) in [5.74, 6) is -0.622. The number of carbonyl (C=O) groups excluding carboxylic acids is 1. The van der Waals surface area contributed by atoms with Crippen LogP contribution in [0.5, 0.6) is 5.75 Å². The van der Waals surface area contributed by atoms with Crippen molar-refractivity contribution in [2.45, 2.75) is 12.8 Å². The highest BCUT2D eigenvalue weighted by Gasteiger charge is 2.30. The number of furan rings is 1. The first-order valence-electron chi connectivity index (χ1n) is 5.46. The van der Waals surface area contributed by atoms with Crippen LogP contribution in [0.2, 0.25) is 5.22 Å². The minimum Gasteiger partial charge on any atom is -0.452 e. The Morgan fingerprint density at radius 3 is 2.35 bits per heavy atom. The van der Waals surface area contributed by atoms with Gasteiger partial charge in [-0.2, -0.15) is 0 Å². The molecular weight excluding hydrogens is 297 g/mol. The molecule has 1 heterocycles. The summed E-state index contributed by atoms with van der Waals surface area (Å²) in [6.07, 6.45) is -3.44. The summed E-state index contributed by atoms with van der Waals surface area (Å²) in [6, 6.07) is 6.49. The van der Waals surface area contributed by atoms with Crippen molar-refractivity contribution in [2.75, 3.05) is 0 Å². The van der Waals surface area contributed by atoms with E-state index in [2.05, 4.69) is 4.74 Å². The molecule has 3 nitrogen and oxygen atoms in total. The lowest BCUT2D eigenvalue weighted by Crippen LogP contribution is -2.17. The van der Waals surface area contributed by atoms with E-state index in [4.69, 9.17) is 16.0 Å². The average molecular weight is 305 g/mol. The molecule has 7 heteroatoms. The molecule has 1 aromatic carbocycles. The number of Topliss-reactive ketones (excluding diaryl/α,β-unsaturated/α-hetero) is 1. The Morgan fingerprint density at radius 2 is 1.85 bits per heavy atom. The maximum Gasteiger partial charge on any atom is 0.573 e. The number of halogens is 4. The Kier molecular flexibility index (Phi) is 4.04. The molecule has 0 atom stereocenters. The highest BCUT2D eigenvalue weighted by Crippen LogP contribution is 2.24. The topological polar surface area (TPSA) is 39.4 Å². The van der Waals surface area contributed by atoms with Crippen LogP contribution in [-0.2, 0) is 6.42 Å². The van der Waals surface area contributed by atoms with Crippen LogP contribution < -0.4 is 4.74 Å². The normalized spacial score (nSPS) is 11.4. The summed E-state index contributed by atoms with van der Waals surface area (Å²) < 4.78 is 44.5. The molecule has 0 spiro atoms. The summed E-state index contributed by atoms with van der Waals surface area (Å²) in [4.78, 5) is 11.9. The van der Waals surface area contributed by atoms with E-state index in [1.165, 1.54) is 24.5 Å². The summed E-state index contributed by atoms with van der Waals surface area (Å²) >= 11 is 5.67. The molecule has 2 rings (SSSR count). The number of carbonyl (C=O) groups is 1. The summed E-state index contributed by atoms with van der Waals surface area (Å²) in [6.45, 7) is 0. The number of ketones is 1. The molecule has 0 aliphatic carbocycles. The van der Waals surface area contributed by atoms with Crippen LogP contribution in [0.3, 0.4) is 0 Å². The van der Waals surface area contributed by atoms with Crippen LogP contribution in [0.1, 0.15) is 15.9 Å². The quantitative estimate of drug-likeness (QED) is 0.792. The Hall–Kier alpha value is -1.95. The molecule has 0 fully saturated rings. The van der Waals surface area contributed by atoms with Gasteiger partial charge in [-0.05, 0) is 35.4 Å². The predicted molar refractivity (Wildman–Crippen MR) is 64.9 cm³/mol. The molecule has 0 radical (unpaired) electrons. The number of alkyl halides is 3. The van der Waals surface area contributed by atoms with Gasteiger partial charge in [-0.15, -0.1) is 13.2 Å². The number of rotatable bonds is 4. The van der Waals surface area contributed by atoms with Crippen molar-refractivity contribution in [1.82, 2.24) is 0 Å². The first kappa shape index (κ1) is 14.5. The van der Waals surface area contributed by atoms with Crippen LogP contribution in [0.25, 0.3) is 0 Å². The average Bonchev–Trinajstić information content (AvgIpc) is 2.76. The van der Waals surface area contributed by atoms with Crippen molar-refractivity contribution in [3.8, 4) is 5.75 Å². The first-order chi connectivity index (χ1) is 9.35. The summed E-state index contributed by atoms with van der Waals surface area (Å²) in [7, 11) is 0. The third kappa shape index (κ3) is 3.77. The van der Waals surface area contributed by atoms with Gasteiger partial charge in [0.2, 0.25) is 5.22 Å². The number of ether oxygens (including phenoxy) is 1. The molecule has 0 aliphatic heterocycles. The monoisotopic (exact) mass is 304 g/mol. The summed E-state index contributed by atoms with van der Waals surface area (Å²) in [5, 5.41) is -0.00738. The Morgan fingerprint density at radius 1 is 1.20 bits per heavy atom. The van der Waals surface area contributed by atoms with Gasteiger partial charge in [0.15, 0.2) is 5.78 Å². The second-order valence-electron chi connectivity index (χ2n) is 3.90. The van der Waals surface area contributed by atoms with Gasteiger partial charge in [0.1, 0.15) is 5.75 Å². The molecule has 106 valence electrons. The lowest BCUT2D eigenvalue weighted by molar-refractivity contribution is -0.274. The predicted octanol–water partition coefficient (Wildman–Crippen LogP) is 4.26. The number of hydrogen-bond acceptors (Lipinski definition) is 3. The van der Waals surface area contributed by atoms with Crippen molar-refractivity contribution in [1.29, 1.82) is 0 Å². The minimum absolute atomic E-state index is 0.00551. The largest absolute Gasteiger partial charge is 0.573 e. The zero-order valence-corrected chi connectivity index (χ0v) is 10.7. The maximum atomic E-state index is 12.0. The Labute approximate surface area is 116 Å². The molecule has 2 aromatic rings. The highest BCUT2D eigenvalue weighted by molar-refractivity contribution is 6.32. The van der Waals surface area contributed by atoms with Gasteiger partial charge < -0.3 is 9.15 Å². The fourth-order valence-electron chi connectivity index (χ4n) is 1.58. The van der Waals surface area contributed by atoms with E-state index < -0.39 is 6.36 Å². The van der Waals surface area contributed by atoms with Crippen molar-refractivity contribution < 1.29 is 27.1 Å². The van der Waals surface area contributed by atoms with Crippen LogP contribution >= 0.6 is 11.6 Å². The van der Waals surface area contributed by atoms with Gasteiger partial charge in [-0.25, -0.2) is 0 Å². The van der Waals surface area contributed by atoms with Crippen LogP contribution in [-0.4, -0.2) is 12.1 Å². The molecule has 1 aromatic heterocycles.